The van der Waals surface area contributed by atoms with Crippen molar-refractivity contribution in [2.45, 2.75) is 13.0 Å². The highest BCUT2D eigenvalue weighted by molar-refractivity contribution is 5.38. The van der Waals surface area contributed by atoms with E-state index in [9.17, 15) is 5.11 Å². The predicted molar refractivity (Wildman–Crippen MR) is 43.6 cm³/mol. The summed E-state index contributed by atoms with van der Waals surface area (Å²) in [5.74, 6) is 0. The van der Waals surface area contributed by atoms with E-state index in [0.717, 1.165) is 5.65 Å². The van der Waals surface area contributed by atoms with Gasteiger partial charge in [-0.3, -0.25) is 0 Å². The van der Waals surface area contributed by atoms with E-state index in [0.29, 0.717) is 5.69 Å². The first-order chi connectivity index (χ1) is 5.77. The lowest BCUT2D eigenvalue weighted by atomic mass is 10.3. The van der Waals surface area contributed by atoms with Gasteiger partial charge in [0.1, 0.15) is 0 Å². The van der Waals surface area contributed by atoms with Crippen molar-refractivity contribution < 1.29 is 5.11 Å². The Balaban J connectivity index is 2.62. The molecule has 2 aromatic heterocycles. The molecule has 0 aliphatic heterocycles. The van der Waals surface area contributed by atoms with Crippen LogP contribution in [0.4, 0.5) is 0 Å². The van der Waals surface area contributed by atoms with Crippen molar-refractivity contribution >= 4 is 5.65 Å². The van der Waals surface area contributed by atoms with E-state index in [4.69, 9.17) is 0 Å². The second kappa shape index (κ2) is 2.57. The van der Waals surface area contributed by atoms with E-state index in [1.54, 1.807) is 36.0 Å². The van der Waals surface area contributed by atoms with Crippen LogP contribution in [0.5, 0.6) is 0 Å². The molecule has 0 unspecified atom stereocenters. The number of aliphatic hydroxyl groups is 1. The van der Waals surface area contributed by atoms with Crippen LogP contribution in [0.1, 0.15) is 18.7 Å². The minimum Gasteiger partial charge on any atom is -0.387 e. The van der Waals surface area contributed by atoms with Gasteiger partial charge in [0.25, 0.3) is 0 Å². The quantitative estimate of drug-likeness (QED) is 0.676. The molecule has 0 fully saturated rings. The number of hydrogen-bond acceptors (Lipinski definition) is 3. The maximum atomic E-state index is 9.22. The maximum Gasteiger partial charge on any atom is 0.155 e. The van der Waals surface area contributed by atoms with Gasteiger partial charge in [0.2, 0.25) is 0 Å². The first-order valence-corrected chi connectivity index (χ1v) is 3.76. The maximum absolute atomic E-state index is 9.22. The molecule has 4 nitrogen and oxygen atoms in total. The zero-order chi connectivity index (χ0) is 8.55. The van der Waals surface area contributed by atoms with Crippen molar-refractivity contribution in [1.82, 2.24) is 14.6 Å². The van der Waals surface area contributed by atoms with Gasteiger partial charge in [0.05, 0.1) is 11.8 Å². The lowest BCUT2D eigenvalue weighted by Gasteiger charge is -1.94. The van der Waals surface area contributed by atoms with E-state index in [1.807, 2.05) is 0 Å². The molecule has 4 heteroatoms. The molecule has 0 aliphatic carbocycles. The van der Waals surface area contributed by atoms with Gasteiger partial charge < -0.3 is 5.11 Å². The fourth-order valence-corrected chi connectivity index (χ4v) is 1.05. The van der Waals surface area contributed by atoms with E-state index in [1.165, 1.54) is 0 Å². The highest BCUT2D eigenvalue weighted by Gasteiger charge is 2.05. The SMILES string of the molecule is C[C@H](O)c1cc2ncccn2n1. The van der Waals surface area contributed by atoms with E-state index in [2.05, 4.69) is 10.1 Å². The predicted octanol–water partition coefficient (Wildman–Crippen LogP) is 0.783. The Morgan fingerprint density at radius 2 is 2.42 bits per heavy atom. The summed E-state index contributed by atoms with van der Waals surface area (Å²) < 4.78 is 1.64. The minimum absolute atomic E-state index is 0.535. The van der Waals surface area contributed by atoms with Crippen molar-refractivity contribution in [2.75, 3.05) is 0 Å². The highest BCUT2D eigenvalue weighted by Crippen LogP contribution is 2.10. The molecule has 62 valence electrons. The van der Waals surface area contributed by atoms with Crippen molar-refractivity contribution in [3.63, 3.8) is 0 Å². The third-order valence-electron chi connectivity index (χ3n) is 1.68. The average molecular weight is 163 g/mol. The van der Waals surface area contributed by atoms with Crippen LogP contribution in [0, 0.1) is 0 Å². The number of hydrogen-bond donors (Lipinski definition) is 1. The fourth-order valence-electron chi connectivity index (χ4n) is 1.05. The van der Waals surface area contributed by atoms with Gasteiger partial charge in [-0.15, -0.1) is 0 Å². The molecule has 0 saturated heterocycles. The molecule has 1 atom stereocenters. The van der Waals surface area contributed by atoms with Gasteiger partial charge in [-0.1, -0.05) is 0 Å². The Bertz CT molecular complexity index is 361. The molecule has 2 rings (SSSR count). The number of rotatable bonds is 1. The lowest BCUT2D eigenvalue weighted by molar-refractivity contribution is 0.194. The summed E-state index contributed by atoms with van der Waals surface area (Å²) in [4.78, 5) is 4.07. The third-order valence-corrected chi connectivity index (χ3v) is 1.68. The molecule has 12 heavy (non-hydrogen) atoms. The van der Waals surface area contributed by atoms with Crippen LogP contribution < -0.4 is 0 Å². The summed E-state index contributed by atoms with van der Waals surface area (Å²) in [5, 5.41) is 13.3. The second-order valence-corrected chi connectivity index (χ2v) is 2.67. The monoisotopic (exact) mass is 163 g/mol. The number of aliphatic hydroxyl groups excluding tert-OH is 1. The van der Waals surface area contributed by atoms with Gasteiger partial charge in [-0.05, 0) is 13.0 Å². The zero-order valence-corrected chi connectivity index (χ0v) is 6.68. The molecule has 0 amide bonds. The molecule has 0 bridgehead atoms. The average Bonchev–Trinajstić information content (AvgIpc) is 2.46. The fraction of sp³-hybridized carbons (Fsp3) is 0.250. The molecule has 0 spiro atoms. The van der Waals surface area contributed by atoms with Crippen LogP contribution in [-0.4, -0.2) is 19.7 Å². The number of aromatic nitrogens is 3. The van der Waals surface area contributed by atoms with E-state index < -0.39 is 6.10 Å². The summed E-state index contributed by atoms with van der Waals surface area (Å²) >= 11 is 0. The molecular formula is C8H9N3O. The summed E-state index contributed by atoms with van der Waals surface area (Å²) in [6.45, 7) is 1.68. The molecule has 2 aromatic rings. The van der Waals surface area contributed by atoms with Crippen molar-refractivity contribution in [3.8, 4) is 0 Å². The molecule has 1 N–H and O–H groups in total. The molecule has 0 aromatic carbocycles. The minimum atomic E-state index is -0.535. The molecule has 0 saturated carbocycles. The van der Waals surface area contributed by atoms with Crippen LogP contribution in [0.15, 0.2) is 24.5 Å². The first kappa shape index (κ1) is 7.24. The largest absolute Gasteiger partial charge is 0.387 e. The summed E-state index contributed by atoms with van der Waals surface area (Å²) in [6, 6.07) is 3.57. The van der Waals surface area contributed by atoms with E-state index >= 15 is 0 Å². The van der Waals surface area contributed by atoms with Gasteiger partial charge in [0, 0.05) is 18.5 Å². The van der Waals surface area contributed by atoms with Gasteiger partial charge >= 0.3 is 0 Å². The van der Waals surface area contributed by atoms with Gasteiger partial charge in [0.15, 0.2) is 5.65 Å². The lowest BCUT2D eigenvalue weighted by Crippen LogP contribution is -1.92. The molecule has 2 heterocycles. The second-order valence-electron chi connectivity index (χ2n) is 2.67. The van der Waals surface area contributed by atoms with E-state index in [-0.39, 0.29) is 0 Å². The zero-order valence-electron chi connectivity index (χ0n) is 6.68. The number of fused-ring (bicyclic) bond motifs is 1. The first-order valence-electron chi connectivity index (χ1n) is 3.76. The highest BCUT2D eigenvalue weighted by atomic mass is 16.3. The summed E-state index contributed by atoms with van der Waals surface area (Å²) in [6.07, 6.45) is 2.96. The Morgan fingerprint density at radius 3 is 3.08 bits per heavy atom. The standard InChI is InChI=1S/C8H9N3O/c1-6(12)7-5-8-9-3-2-4-11(8)10-7/h2-6,12H,1H3/t6-/m0/s1. The van der Waals surface area contributed by atoms with Crippen LogP contribution in [-0.2, 0) is 0 Å². The summed E-state index contributed by atoms with van der Waals surface area (Å²) in [5.41, 5.74) is 1.40. The Labute approximate surface area is 69.5 Å². The Kier molecular flexibility index (Phi) is 1.55. The summed E-state index contributed by atoms with van der Waals surface area (Å²) in [7, 11) is 0. The van der Waals surface area contributed by atoms with Gasteiger partial charge in [-0.25, -0.2) is 9.50 Å². The van der Waals surface area contributed by atoms with Crippen LogP contribution in [0.25, 0.3) is 5.65 Å². The van der Waals surface area contributed by atoms with Crippen LogP contribution in [0.3, 0.4) is 0 Å². The normalized spacial score (nSPS) is 13.5. The molecular weight excluding hydrogens is 154 g/mol. The molecule has 0 radical (unpaired) electrons. The smallest absolute Gasteiger partial charge is 0.155 e. The van der Waals surface area contributed by atoms with Crippen molar-refractivity contribution in [1.29, 1.82) is 0 Å². The van der Waals surface area contributed by atoms with Crippen molar-refractivity contribution in [2.24, 2.45) is 0 Å². The van der Waals surface area contributed by atoms with Crippen LogP contribution in [0.2, 0.25) is 0 Å². The molecule has 0 aliphatic rings. The Morgan fingerprint density at radius 1 is 1.58 bits per heavy atom. The topological polar surface area (TPSA) is 50.4 Å². The van der Waals surface area contributed by atoms with Crippen LogP contribution >= 0.6 is 0 Å². The Hall–Kier alpha value is -1.42. The number of nitrogens with zero attached hydrogens (tertiary/aromatic N) is 3. The van der Waals surface area contributed by atoms with Gasteiger partial charge in [-0.2, -0.15) is 5.10 Å². The third kappa shape index (κ3) is 1.06. The van der Waals surface area contributed by atoms with Crippen molar-refractivity contribution in [3.05, 3.63) is 30.2 Å².